The van der Waals surface area contributed by atoms with Crippen LogP contribution in [0.3, 0.4) is 0 Å². The van der Waals surface area contributed by atoms with Gasteiger partial charge in [0.05, 0.1) is 22.9 Å². The van der Waals surface area contributed by atoms with E-state index in [2.05, 4.69) is 67.8 Å². The minimum atomic E-state index is -0.254. The summed E-state index contributed by atoms with van der Waals surface area (Å²) in [5, 5.41) is 10.9. The lowest BCUT2D eigenvalue weighted by atomic mass is 9.93. The van der Waals surface area contributed by atoms with Crippen LogP contribution in [-0.4, -0.2) is 42.9 Å². The topological polar surface area (TPSA) is 86.4 Å². The normalized spacial score (nSPS) is 15.5. The second kappa shape index (κ2) is 10.4. The lowest BCUT2D eigenvalue weighted by Crippen LogP contribution is -2.41. The number of aromatic nitrogens is 6. The second-order valence-electron chi connectivity index (χ2n) is 10.3. The van der Waals surface area contributed by atoms with Gasteiger partial charge < -0.3 is 9.88 Å². The van der Waals surface area contributed by atoms with Crippen LogP contribution in [0.25, 0.3) is 44.7 Å². The van der Waals surface area contributed by atoms with Gasteiger partial charge in [0.1, 0.15) is 11.5 Å². The number of nitrogens with one attached hydrogen (secondary N) is 2. The number of benzene rings is 3. The number of imidazole rings is 1. The number of piperidine rings is 1. The predicted molar refractivity (Wildman–Crippen MR) is 155 cm³/mol. The first-order chi connectivity index (χ1) is 19.7. The molecule has 1 saturated heterocycles. The summed E-state index contributed by atoms with van der Waals surface area (Å²) >= 11 is 0. The van der Waals surface area contributed by atoms with E-state index in [0.717, 1.165) is 76.4 Å². The quantitative estimate of drug-likeness (QED) is 0.247. The molecule has 1 aliphatic rings. The number of H-pyrrole nitrogens is 2. The van der Waals surface area contributed by atoms with Crippen LogP contribution in [0, 0.1) is 5.82 Å². The van der Waals surface area contributed by atoms with E-state index in [9.17, 15) is 4.39 Å². The van der Waals surface area contributed by atoms with E-state index in [1.807, 2.05) is 24.4 Å². The van der Waals surface area contributed by atoms with Crippen molar-refractivity contribution in [3.05, 3.63) is 103 Å². The fraction of sp³-hybridized carbons (Fsp3) is 0.188. The molecule has 0 bridgehead atoms. The summed E-state index contributed by atoms with van der Waals surface area (Å²) in [5.74, 6) is 0.571. The molecule has 0 saturated carbocycles. The van der Waals surface area contributed by atoms with Crippen LogP contribution in [0.15, 0.2) is 91.3 Å². The first kappa shape index (κ1) is 24.2. The third-order valence-electron chi connectivity index (χ3n) is 7.71. The highest BCUT2D eigenvalue weighted by molar-refractivity contribution is 5.83. The summed E-state index contributed by atoms with van der Waals surface area (Å²) in [6.07, 6.45) is 7.88. The number of anilines is 1. The molecule has 0 radical (unpaired) electrons. The number of aromatic amines is 2. The number of hydrogen-bond acceptors (Lipinski definition) is 5. The Morgan fingerprint density at radius 1 is 0.875 bits per heavy atom. The summed E-state index contributed by atoms with van der Waals surface area (Å²) in [6, 6.07) is 26.2. The maximum atomic E-state index is 13.7. The highest BCUT2D eigenvalue weighted by atomic mass is 19.1. The Bertz CT molecular complexity index is 1740. The Balaban J connectivity index is 1.17. The van der Waals surface area contributed by atoms with Gasteiger partial charge in [0.2, 0.25) is 5.95 Å². The van der Waals surface area contributed by atoms with Crippen LogP contribution in [-0.2, 0) is 6.42 Å². The Morgan fingerprint density at radius 3 is 2.58 bits per heavy atom. The first-order valence-electron chi connectivity index (χ1n) is 13.6. The van der Waals surface area contributed by atoms with Crippen molar-refractivity contribution in [3.8, 4) is 33.6 Å². The third kappa shape index (κ3) is 4.73. The molecule has 40 heavy (non-hydrogen) atoms. The number of fused-ring (bicyclic) bond motifs is 1. The minimum absolute atomic E-state index is 0.254. The molecule has 0 amide bonds. The molecule has 1 unspecified atom stereocenters. The monoisotopic (exact) mass is 529 g/mol. The highest BCUT2D eigenvalue weighted by Crippen LogP contribution is 2.34. The van der Waals surface area contributed by atoms with Crippen LogP contribution in [0.1, 0.15) is 24.8 Å². The van der Waals surface area contributed by atoms with E-state index >= 15 is 0 Å². The zero-order chi connectivity index (χ0) is 26.9. The van der Waals surface area contributed by atoms with Gasteiger partial charge in [0, 0.05) is 35.5 Å². The molecule has 0 aliphatic carbocycles. The van der Waals surface area contributed by atoms with Crippen LogP contribution in [0.4, 0.5) is 10.3 Å². The second-order valence-corrected chi connectivity index (χ2v) is 10.3. The fourth-order valence-electron chi connectivity index (χ4n) is 5.68. The summed E-state index contributed by atoms with van der Waals surface area (Å²) in [6.45, 7) is 0.938. The molecular formula is C32H28FN7. The number of pyridine rings is 1. The molecule has 6 aromatic rings. The standard InChI is InChI=1S/C32H28FN7/c33-25-13-14-28-29(18-25)37-32(36-28)40-15-5-4-8-26(40)16-21-9-11-23(12-10-21)31-27(22-6-2-1-3-7-22)17-24(19-34-31)30-20-35-39-38-30/h1-3,6-7,9-14,17-20,26H,4-5,8,15-16H2,(H,36,37)(H,35,38,39). The van der Waals surface area contributed by atoms with Gasteiger partial charge in [-0.1, -0.05) is 54.6 Å². The largest absolute Gasteiger partial charge is 0.339 e. The lowest BCUT2D eigenvalue weighted by molar-refractivity contribution is 0.451. The van der Waals surface area contributed by atoms with Crippen molar-refractivity contribution in [2.24, 2.45) is 0 Å². The molecule has 3 aromatic heterocycles. The van der Waals surface area contributed by atoms with Gasteiger partial charge in [-0.15, -0.1) is 0 Å². The van der Waals surface area contributed by atoms with Crippen molar-refractivity contribution in [1.29, 1.82) is 0 Å². The average molecular weight is 530 g/mol. The van der Waals surface area contributed by atoms with Crippen molar-refractivity contribution >= 4 is 17.0 Å². The Hall–Kier alpha value is -4.85. The van der Waals surface area contributed by atoms with E-state index in [1.165, 1.54) is 24.1 Å². The molecule has 0 spiro atoms. The Labute approximate surface area is 231 Å². The van der Waals surface area contributed by atoms with Gasteiger partial charge in [-0.3, -0.25) is 4.98 Å². The molecule has 7 rings (SSSR count). The molecule has 1 fully saturated rings. The van der Waals surface area contributed by atoms with Crippen LogP contribution in [0.5, 0.6) is 0 Å². The maximum Gasteiger partial charge on any atom is 0.204 e. The number of rotatable bonds is 6. The van der Waals surface area contributed by atoms with Gasteiger partial charge in [0.25, 0.3) is 0 Å². The van der Waals surface area contributed by atoms with Gasteiger partial charge in [-0.05, 0) is 61.1 Å². The summed E-state index contributed by atoms with van der Waals surface area (Å²) < 4.78 is 13.7. The number of hydrogen-bond donors (Lipinski definition) is 2. The fourth-order valence-corrected chi connectivity index (χ4v) is 5.68. The van der Waals surface area contributed by atoms with E-state index < -0.39 is 0 Å². The summed E-state index contributed by atoms with van der Waals surface area (Å²) in [7, 11) is 0. The third-order valence-corrected chi connectivity index (χ3v) is 7.71. The van der Waals surface area contributed by atoms with E-state index in [0.29, 0.717) is 6.04 Å². The van der Waals surface area contributed by atoms with E-state index in [4.69, 9.17) is 9.97 Å². The van der Waals surface area contributed by atoms with Gasteiger partial charge in [-0.2, -0.15) is 15.4 Å². The smallest absolute Gasteiger partial charge is 0.204 e. The van der Waals surface area contributed by atoms with Crippen molar-refractivity contribution in [2.45, 2.75) is 31.7 Å². The molecule has 2 N–H and O–H groups in total. The molecule has 7 nitrogen and oxygen atoms in total. The summed E-state index contributed by atoms with van der Waals surface area (Å²) in [5.41, 5.74) is 8.62. The van der Waals surface area contributed by atoms with Crippen LogP contribution >= 0.6 is 0 Å². The average Bonchev–Trinajstić information content (AvgIpc) is 3.69. The molecule has 4 heterocycles. The lowest BCUT2D eigenvalue weighted by Gasteiger charge is -2.35. The van der Waals surface area contributed by atoms with Gasteiger partial charge >= 0.3 is 0 Å². The van der Waals surface area contributed by atoms with Gasteiger partial charge in [0.15, 0.2) is 0 Å². The van der Waals surface area contributed by atoms with Gasteiger partial charge in [-0.25, -0.2) is 9.37 Å². The zero-order valence-corrected chi connectivity index (χ0v) is 21.9. The molecular weight excluding hydrogens is 501 g/mol. The Kier molecular flexibility index (Phi) is 6.28. The van der Waals surface area contributed by atoms with Crippen molar-refractivity contribution in [1.82, 2.24) is 30.4 Å². The zero-order valence-electron chi connectivity index (χ0n) is 21.9. The first-order valence-corrected chi connectivity index (χ1v) is 13.6. The van der Waals surface area contributed by atoms with Crippen molar-refractivity contribution < 1.29 is 4.39 Å². The van der Waals surface area contributed by atoms with E-state index in [1.54, 1.807) is 12.3 Å². The molecule has 3 aromatic carbocycles. The number of nitrogens with zero attached hydrogens (tertiary/aromatic N) is 5. The summed E-state index contributed by atoms with van der Waals surface area (Å²) in [4.78, 5) is 15.3. The minimum Gasteiger partial charge on any atom is -0.339 e. The van der Waals surface area contributed by atoms with Crippen LogP contribution < -0.4 is 4.90 Å². The SMILES string of the molecule is Fc1ccc2nc(N3CCCCC3Cc3ccc(-c4ncc(-c5cn[nH]n5)cc4-c4ccccc4)cc3)[nH]c2c1. The van der Waals surface area contributed by atoms with Crippen LogP contribution in [0.2, 0.25) is 0 Å². The number of halogens is 1. The predicted octanol–water partition coefficient (Wildman–Crippen LogP) is 6.82. The molecule has 198 valence electrons. The highest BCUT2D eigenvalue weighted by Gasteiger charge is 2.25. The van der Waals surface area contributed by atoms with Crippen molar-refractivity contribution in [2.75, 3.05) is 11.4 Å². The maximum absolute atomic E-state index is 13.7. The molecule has 8 heteroatoms. The van der Waals surface area contributed by atoms with E-state index in [-0.39, 0.29) is 5.82 Å². The molecule has 1 aliphatic heterocycles. The van der Waals surface area contributed by atoms with Crippen molar-refractivity contribution in [3.63, 3.8) is 0 Å². The molecule has 1 atom stereocenters. The Morgan fingerprint density at radius 2 is 1.75 bits per heavy atom.